The van der Waals surface area contributed by atoms with Crippen molar-refractivity contribution in [3.05, 3.63) is 84.1 Å². The number of fused-ring (bicyclic) bond motifs is 2. The molecule has 168 valence electrons. The van der Waals surface area contributed by atoms with Gasteiger partial charge in [0.1, 0.15) is 0 Å². The monoisotopic (exact) mass is 466 g/mol. The van der Waals surface area contributed by atoms with E-state index in [1.165, 1.54) is 11.8 Å². The van der Waals surface area contributed by atoms with Crippen LogP contribution in [0.2, 0.25) is 0 Å². The summed E-state index contributed by atoms with van der Waals surface area (Å²) < 4.78 is 0. The van der Waals surface area contributed by atoms with Crippen LogP contribution in [0.5, 0.6) is 0 Å². The van der Waals surface area contributed by atoms with E-state index in [4.69, 9.17) is 0 Å². The van der Waals surface area contributed by atoms with Crippen molar-refractivity contribution < 1.29 is 4.79 Å². The first kappa shape index (κ1) is 21.6. The van der Waals surface area contributed by atoms with E-state index in [1.807, 2.05) is 79.8 Å². The Morgan fingerprint density at radius 1 is 1.15 bits per heavy atom. The Labute approximate surface area is 201 Å². The minimum Gasteiger partial charge on any atom is -0.359 e. The van der Waals surface area contributed by atoms with Gasteiger partial charge in [-0.3, -0.25) is 10.1 Å². The Balaban J connectivity index is 1.45. The zero-order chi connectivity index (χ0) is 23.5. The number of nitrogens with one attached hydrogen (secondary N) is 3. The molecule has 7 nitrogen and oxygen atoms in total. The summed E-state index contributed by atoms with van der Waals surface area (Å²) in [7, 11) is 0. The largest absolute Gasteiger partial charge is 0.359 e. The van der Waals surface area contributed by atoms with Crippen LogP contribution in [-0.2, 0) is 11.3 Å². The van der Waals surface area contributed by atoms with Crippen LogP contribution in [-0.4, -0.2) is 22.6 Å². The molecule has 3 aromatic carbocycles. The highest BCUT2D eigenvalue weighted by atomic mass is 32.2. The van der Waals surface area contributed by atoms with Gasteiger partial charge in [0, 0.05) is 21.8 Å². The summed E-state index contributed by atoms with van der Waals surface area (Å²) in [5.74, 6) is 0.770. The van der Waals surface area contributed by atoms with E-state index in [1.54, 1.807) is 4.90 Å². The lowest BCUT2D eigenvalue weighted by Crippen LogP contribution is -2.34. The zero-order valence-corrected chi connectivity index (χ0v) is 19.3. The number of aromatic amines is 1. The minimum atomic E-state index is 0.0607. The van der Waals surface area contributed by atoms with E-state index in [2.05, 4.69) is 26.7 Å². The lowest BCUT2D eigenvalue weighted by atomic mass is 10.2. The molecule has 1 aliphatic heterocycles. The first-order chi connectivity index (χ1) is 16.6. The number of aliphatic imine (C=N–C) groups is 1. The molecule has 0 unspecified atom stereocenters. The third-order valence-corrected chi connectivity index (χ3v) is 6.55. The van der Waals surface area contributed by atoms with E-state index in [9.17, 15) is 10.1 Å². The Morgan fingerprint density at radius 2 is 2.00 bits per heavy atom. The van der Waals surface area contributed by atoms with Gasteiger partial charge in [0.15, 0.2) is 6.19 Å². The molecule has 1 aromatic heterocycles. The molecule has 0 radical (unpaired) electrons. The van der Waals surface area contributed by atoms with E-state index in [0.717, 1.165) is 38.4 Å². The molecule has 0 saturated carbocycles. The first-order valence-electron chi connectivity index (χ1n) is 10.8. The smallest absolute Gasteiger partial charge is 0.237 e. The van der Waals surface area contributed by atoms with Crippen LogP contribution >= 0.6 is 11.8 Å². The predicted molar refractivity (Wildman–Crippen MR) is 137 cm³/mol. The number of carbonyl (C=O) groups excluding carboxylic acids is 1. The lowest BCUT2D eigenvalue weighted by molar-refractivity contribution is -0.116. The van der Waals surface area contributed by atoms with E-state index in [-0.39, 0.29) is 5.91 Å². The molecule has 1 amide bonds. The van der Waals surface area contributed by atoms with Crippen molar-refractivity contribution >= 4 is 51.6 Å². The molecular weight excluding hydrogens is 444 g/mol. The summed E-state index contributed by atoms with van der Waals surface area (Å²) in [4.78, 5) is 23.5. The van der Waals surface area contributed by atoms with Gasteiger partial charge in [-0.2, -0.15) is 5.26 Å². The normalized spacial score (nSPS) is 13.5. The third kappa shape index (κ3) is 4.60. The summed E-state index contributed by atoms with van der Waals surface area (Å²) >= 11 is 1.53. The maximum Gasteiger partial charge on any atom is 0.237 e. The average Bonchev–Trinajstić information content (AvgIpc) is 3.21. The number of thioether (sulfide) groups is 1. The van der Waals surface area contributed by atoms with Crippen LogP contribution in [0.3, 0.4) is 0 Å². The maximum absolute atomic E-state index is 12.7. The Kier molecular flexibility index (Phi) is 5.93. The number of benzene rings is 3. The van der Waals surface area contributed by atoms with Crippen LogP contribution < -0.4 is 15.5 Å². The summed E-state index contributed by atoms with van der Waals surface area (Å²) in [6, 6.07) is 23.7. The number of aryl methyl sites for hydroxylation is 1. The van der Waals surface area contributed by atoms with Crippen molar-refractivity contribution in [1.29, 1.82) is 5.26 Å². The average molecular weight is 467 g/mol. The van der Waals surface area contributed by atoms with Crippen molar-refractivity contribution in [2.75, 3.05) is 16.0 Å². The van der Waals surface area contributed by atoms with E-state index in [0.29, 0.717) is 23.9 Å². The number of hydrogen-bond donors (Lipinski definition) is 3. The lowest BCUT2D eigenvalue weighted by Gasteiger charge is -2.29. The number of aromatic nitrogens is 1. The number of nitrogens with zero attached hydrogens (tertiary/aromatic N) is 3. The molecule has 0 atom stereocenters. The molecule has 5 rings (SSSR count). The van der Waals surface area contributed by atoms with Gasteiger partial charge < -0.3 is 15.2 Å². The number of guanidine groups is 1. The SMILES string of the molecule is Cc1cc2ccc(NC(=Nc3ccc4c(c3)N(Cc3ccccc3)C(=O)CS4)NC#N)cc2[nH]1. The Morgan fingerprint density at radius 3 is 2.82 bits per heavy atom. The van der Waals surface area contributed by atoms with Gasteiger partial charge in [-0.1, -0.05) is 36.4 Å². The molecule has 8 heteroatoms. The van der Waals surface area contributed by atoms with Crippen molar-refractivity contribution in [2.45, 2.75) is 18.4 Å². The fourth-order valence-corrected chi connectivity index (χ4v) is 4.87. The number of nitriles is 1. The molecule has 0 saturated heterocycles. The number of amides is 1. The summed E-state index contributed by atoms with van der Waals surface area (Å²) in [5, 5.41) is 16.2. The second kappa shape index (κ2) is 9.33. The zero-order valence-electron chi connectivity index (χ0n) is 18.5. The molecule has 2 heterocycles. The molecule has 34 heavy (non-hydrogen) atoms. The van der Waals surface area contributed by atoms with Gasteiger partial charge in [0.25, 0.3) is 0 Å². The van der Waals surface area contributed by atoms with Crippen LogP contribution in [0.4, 0.5) is 17.1 Å². The van der Waals surface area contributed by atoms with E-state index >= 15 is 0 Å². The highest BCUT2D eigenvalue weighted by Gasteiger charge is 2.25. The van der Waals surface area contributed by atoms with Crippen LogP contribution in [0.1, 0.15) is 11.3 Å². The first-order valence-corrected chi connectivity index (χ1v) is 11.8. The second-order valence-electron chi connectivity index (χ2n) is 7.98. The van der Waals surface area contributed by atoms with Gasteiger partial charge in [-0.25, -0.2) is 4.99 Å². The standard InChI is InChI=1S/C26H22N6OS/c1-17-11-19-7-8-20(12-22(19)29-17)30-26(28-16-27)31-21-9-10-24-23(13-21)32(25(33)15-34-24)14-18-5-3-2-4-6-18/h2-13,29H,14-15H2,1H3,(H2,28,30,31). The van der Waals surface area contributed by atoms with Gasteiger partial charge in [0.05, 0.1) is 23.7 Å². The maximum atomic E-state index is 12.7. The third-order valence-electron chi connectivity index (χ3n) is 5.50. The number of carbonyl (C=O) groups is 1. The predicted octanol–water partition coefficient (Wildman–Crippen LogP) is 5.29. The Bertz CT molecular complexity index is 1440. The fraction of sp³-hybridized carbons (Fsp3) is 0.115. The van der Waals surface area contributed by atoms with Gasteiger partial charge >= 0.3 is 0 Å². The summed E-state index contributed by atoms with van der Waals surface area (Å²) in [5.41, 5.74) is 5.40. The van der Waals surface area contributed by atoms with Gasteiger partial charge in [-0.15, -0.1) is 11.8 Å². The number of anilines is 2. The highest BCUT2D eigenvalue weighted by Crippen LogP contribution is 2.38. The van der Waals surface area contributed by atoms with Crippen molar-refractivity contribution in [1.82, 2.24) is 10.3 Å². The molecule has 4 aromatic rings. The van der Waals surface area contributed by atoms with Crippen molar-refractivity contribution in [2.24, 2.45) is 4.99 Å². The summed E-state index contributed by atoms with van der Waals surface area (Å²) in [6.07, 6.45) is 1.94. The molecule has 0 fully saturated rings. The van der Waals surface area contributed by atoms with Crippen molar-refractivity contribution in [3.63, 3.8) is 0 Å². The molecule has 1 aliphatic rings. The number of hydrogen-bond acceptors (Lipinski definition) is 4. The van der Waals surface area contributed by atoms with Crippen LogP contribution in [0, 0.1) is 18.4 Å². The molecule has 0 aliphatic carbocycles. The number of H-pyrrole nitrogens is 1. The van der Waals surface area contributed by atoms with Crippen molar-refractivity contribution in [3.8, 4) is 6.19 Å². The molecular formula is C26H22N6OS. The van der Waals surface area contributed by atoms with Gasteiger partial charge in [-0.05, 0) is 54.3 Å². The quantitative estimate of drug-likeness (QED) is 0.164. The minimum absolute atomic E-state index is 0.0607. The highest BCUT2D eigenvalue weighted by molar-refractivity contribution is 8.00. The molecule has 0 spiro atoms. The second-order valence-corrected chi connectivity index (χ2v) is 9.00. The summed E-state index contributed by atoms with van der Waals surface area (Å²) in [6.45, 7) is 2.51. The van der Waals surface area contributed by atoms with Crippen LogP contribution in [0.15, 0.2) is 82.7 Å². The van der Waals surface area contributed by atoms with Gasteiger partial charge in [0.2, 0.25) is 11.9 Å². The Hall–Kier alpha value is -4.22. The molecule has 3 N–H and O–H groups in total. The van der Waals surface area contributed by atoms with E-state index < -0.39 is 0 Å². The van der Waals surface area contributed by atoms with Crippen LogP contribution in [0.25, 0.3) is 10.9 Å². The molecule has 0 bridgehead atoms. The topological polar surface area (TPSA) is 96.3 Å². The fourth-order valence-electron chi connectivity index (χ4n) is 3.96. The number of rotatable bonds is 4.